The van der Waals surface area contributed by atoms with Gasteiger partial charge in [-0.05, 0) is 54.2 Å². The molecule has 0 unspecified atom stereocenters. The lowest BCUT2D eigenvalue weighted by Crippen LogP contribution is -2.38. The minimum Gasteiger partial charge on any atom is -0.448 e. The van der Waals surface area contributed by atoms with Gasteiger partial charge in [0.25, 0.3) is 11.8 Å². The SMILES string of the molecule is Cc1nc(C2CCN(C(=O)OCC3c4ccccc4-c4ccccc43)CC2)sc1C(=O)ON1C(=O)c2ccccc2C1=O. The Morgan fingerprint density at radius 2 is 1.37 bits per heavy atom. The van der Waals surface area contributed by atoms with E-state index in [-0.39, 0.29) is 40.5 Å². The number of rotatable bonds is 5. The fourth-order valence-electron chi connectivity index (χ4n) is 6.15. The number of piperidine rings is 1. The minimum atomic E-state index is -0.799. The van der Waals surface area contributed by atoms with Crippen LogP contribution < -0.4 is 0 Å². The van der Waals surface area contributed by atoms with E-state index >= 15 is 0 Å². The Balaban J connectivity index is 0.957. The summed E-state index contributed by atoms with van der Waals surface area (Å²) < 4.78 is 5.83. The van der Waals surface area contributed by atoms with Crippen LogP contribution in [-0.4, -0.2) is 58.5 Å². The molecule has 3 amide bonds. The zero-order valence-electron chi connectivity index (χ0n) is 23.3. The first kappa shape index (κ1) is 27.0. The van der Waals surface area contributed by atoms with Crippen molar-refractivity contribution in [2.24, 2.45) is 0 Å². The van der Waals surface area contributed by atoms with Crippen LogP contribution in [0.1, 0.15) is 76.9 Å². The van der Waals surface area contributed by atoms with Gasteiger partial charge in [0, 0.05) is 24.9 Å². The molecule has 1 fully saturated rings. The fourth-order valence-corrected chi connectivity index (χ4v) is 7.26. The van der Waals surface area contributed by atoms with Crippen LogP contribution in [0.15, 0.2) is 72.8 Å². The van der Waals surface area contributed by atoms with E-state index in [2.05, 4.69) is 29.2 Å². The van der Waals surface area contributed by atoms with Gasteiger partial charge in [0.05, 0.1) is 21.8 Å². The van der Waals surface area contributed by atoms with E-state index in [1.807, 2.05) is 24.3 Å². The number of hydroxylamine groups is 2. The maximum Gasteiger partial charge on any atom is 0.409 e. The highest BCUT2D eigenvalue weighted by atomic mass is 32.1. The summed E-state index contributed by atoms with van der Waals surface area (Å²) in [7, 11) is 0. The molecular weight excluding hydrogens is 566 g/mol. The number of aromatic nitrogens is 1. The summed E-state index contributed by atoms with van der Waals surface area (Å²) in [4.78, 5) is 63.0. The average Bonchev–Trinajstić information content (AvgIpc) is 3.66. The number of aryl methyl sites for hydroxylation is 1. The van der Waals surface area contributed by atoms with Crippen LogP contribution in [0.5, 0.6) is 0 Å². The highest BCUT2D eigenvalue weighted by Crippen LogP contribution is 2.44. The smallest absolute Gasteiger partial charge is 0.409 e. The first-order chi connectivity index (χ1) is 20.9. The van der Waals surface area contributed by atoms with E-state index < -0.39 is 17.8 Å². The average molecular weight is 594 g/mol. The Bertz CT molecular complexity index is 1710. The normalized spacial score (nSPS) is 16.2. The Morgan fingerprint density at radius 3 is 1.95 bits per heavy atom. The molecule has 0 N–H and O–H groups in total. The number of amides is 3. The predicted octanol–water partition coefficient (Wildman–Crippen LogP) is 5.95. The van der Waals surface area contributed by atoms with E-state index in [4.69, 9.17) is 9.57 Å². The number of fused-ring (bicyclic) bond motifs is 4. The third-order valence-corrected chi connectivity index (χ3v) is 9.67. The van der Waals surface area contributed by atoms with Crippen LogP contribution in [0.25, 0.3) is 11.1 Å². The van der Waals surface area contributed by atoms with Crippen molar-refractivity contribution in [2.75, 3.05) is 19.7 Å². The van der Waals surface area contributed by atoms with Crippen LogP contribution in [0.2, 0.25) is 0 Å². The number of hydrogen-bond acceptors (Lipinski definition) is 8. The van der Waals surface area contributed by atoms with Crippen LogP contribution in [0.3, 0.4) is 0 Å². The molecule has 10 heteroatoms. The molecule has 3 aliphatic rings. The first-order valence-electron chi connectivity index (χ1n) is 14.2. The number of carbonyl (C=O) groups excluding carboxylic acids is 4. The minimum absolute atomic E-state index is 0.00525. The molecule has 2 aliphatic heterocycles. The van der Waals surface area contributed by atoms with Crippen molar-refractivity contribution in [1.29, 1.82) is 0 Å². The predicted molar refractivity (Wildman–Crippen MR) is 158 cm³/mol. The van der Waals surface area contributed by atoms with Gasteiger partial charge in [0.2, 0.25) is 0 Å². The molecule has 0 bridgehead atoms. The fraction of sp³-hybridized carbons (Fsp3) is 0.242. The van der Waals surface area contributed by atoms with Crippen molar-refractivity contribution in [3.05, 3.63) is 111 Å². The van der Waals surface area contributed by atoms with Gasteiger partial charge in [0.15, 0.2) is 0 Å². The second-order valence-electron chi connectivity index (χ2n) is 10.9. The molecule has 3 aromatic carbocycles. The Morgan fingerprint density at radius 1 is 0.837 bits per heavy atom. The number of nitrogens with zero attached hydrogens (tertiary/aromatic N) is 3. The summed E-state index contributed by atoms with van der Waals surface area (Å²) in [5, 5.41) is 1.28. The van der Waals surface area contributed by atoms with Crippen LogP contribution in [0.4, 0.5) is 4.79 Å². The molecule has 0 atom stereocenters. The summed E-state index contributed by atoms with van der Waals surface area (Å²) in [5.41, 5.74) is 5.59. The molecule has 0 spiro atoms. The number of hydrogen-bond donors (Lipinski definition) is 0. The molecule has 1 saturated heterocycles. The van der Waals surface area contributed by atoms with Gasteiger partial charge in [-0.1, -0.05) is 65.7 Å². The second-order valence-corrected chi connectivity index (χ2v) is 11.9. The lowest BCUT2D eigenvalue weighted by molar-refractivity contribution is -0.0581. The Hall–Kier alpha value is -4.83. The monoisotopic (exact) mass is 593 g/mol. The zero-order valence-corrected chi connectivity index (χ0v) is 24.1. The zero-order chi connectivity index (χ0) is 29.7. The van der Waals surface area contributed by atoms with Crippen LogP contribution in [0, 0.1) is 6.92 Å². The molecule has 9 nitrogen and oxygen atoms in total. The van der Waals surface area contributed by atoms with Gasteiger partial charge < -0.3 is 14.5 Å². The lowest BCUT2D eigenvalue weighted by Gasteiger charge is -2.30. The number of imide groups is 1. The number of thiazole rings is 1. The summed E-state index contributed by atoms with van der Waals surface area (Å²) in [6, 6.07) is 22.8. The summed E-state index contributed by atoms with van der Waals surface area (Å²) in [6.45, 7) is 2.99. The molecule has 0 radical (unpaired) electrons. The largest absolute Gasteiger partial charge is 0.448 e. The Labute approximate surface area is 251 Å². The number of ether oxygens (including phenoxy) is 1. The molecule has 4 aromatic rings. The maximum absolute atomic E-state index is 13.0. The molecule has 7 rings (SSSR count). The van der Waals surface area contributed by atoms with E-state index in [0.717, 1.165) is 5.01 Å². The quantitative estimate of drug-likeness (QED) is 0.263. The third-order valence-electron chi connectivity index (χ3n) is 8.37. The van der Waals surface area contributed by atoms with Crippen molar-refractivity contribution in [1.82, 2.24) is 14.9 Å². The van der Waals surface area contributed by atoms with Gasteiger partial charge in [-0.25, -0.2) is 14.6 Å². The maximum atomic E-state index is 13.0. The summed E-state index contributed by atoms with van der Waals surface area (Å²) in [5.74, 6) is -2.08. The molecule has 1 aliphatic carbocycles. The second kappa shape index (κ2) is 10.8. The summed E-state index contributed by atoms with van der Waals surface area (Å²) in [6.07, 6.45) is 1.01. The molecular formula is C33H27N3O6S. The van der Waals surface area contributed by atoms with Gasteiger partial charge >= 0.3 is 12.1 Å². The van der Waals surface area contributed by atoms with Crippen molar-refractivity contribution in [3.63, 3.8) is 0 Å². The highest BCUT2D eigenvalue weighted by molar-refractivity contribution is 7.13. The van der Waals surface area contributed by atoms with Crippen LogP contribution >= 0.6 is 11.3 Å². The first-order valence-corrected chi connectivity index (χ1v) is 15.0. The van der Waals surface area contributed by atoms with Crippen molar-refractivity contribution < 1.29 is 28.8 Å². The number of carbonyl (C=O) groups is 4. The van der Waals surface area contributed by atoms with Gasteiger partial charge in [-0.15, -0.1) is 11.3 Å². The van der Waals surface area contributed by atoms with E-state index in [1.54, 1.807) is 24.0 Å². The van der Waals surface area contributed by atoms with Gasteiger partial charge in [-0.3, -0.25) is 9.59 Å². The standard InChI is InChI=1S/C33H27N3O6S/c1-19-28(32(39)42-36-30(37)25-12-6-7-13-26(25)31(36)38)43-29(34-19)20-14-16-35(17-15-20)33(40)41-18-27-23-10-4-2-8-21(23)22-9-3-5-11-24(22)27/h2-13,20,27H,14-18H2,1H3. The van der Waals surface area contributed by atoms with Crippen molar-refractivity contribution in [2.45, 2.75) is 31.6 Å². The van der Waals surface area contributed by atoms with Crippen molar-refractivity contribution in [3.8, 4) is 11.1 Å². The van der Waals surface area contributed by atoms with E-state index in [0.29, 0.717) is 36.7 Å². The van der Waals surface area contributed by atoms with Gasteiger partial charge in [0.1, 0.15) is 11.5 Å². The molecule has 1 aromatic heterocycles. The molecule has 43 heavy (non-hydrogen) atoms. The van der Waals surface area contributed by atoms with Crippen LogP contribution in [-0.2, 0) is 9.57 Å². The number of likely N-dealkylation sites (tertiary alicyclic amines) is 1. The third kappa shape index (κ3) is 4.67. The van der Waals surface area contributed by atoms with E-state index in [1.165, 1.54) is 45.7 Å². The lowest BCUT2D eigenvalue weighted by atomic mass is 9.97. The van der Waals surface area contributed by atoms with Gasteiger partial charge in [-0.2, -0.15) is 0 Å². The Kier molecular flexibility index (Phi) is 6.78. The topological polar surface area (TPSA) is 106 Å². The molecule has 3 heterocycles. The molecule has 216 valence electrons. The highest BCUT2D eigenvalue weighted by Gasteiger charge is 2.39. The van der Waals surface area contributed by atoms with E-state index in [9.17, 15) is 19.2 Å². The summed E-state index contributed by atoms with van der Waals surface area (Å²) >= 11 is 1.20. The molecule has 0 saturated carbocycles. The van der Waals surface area contributed by atoms with Crippen molar-refractivity contribution >= 4 is 35.2 Å². The number of benzene rings is 3.